The minimum absolute atomic E-state index is 0.174. The maximum absolute atomic E-state index is 12.5. The molecule has 0 aliphatic heterocycles. The molecule has 1 unspecified atom stereocenters. The maximum atomic E-state index is 12.5. The van der Waals surface area contributed by atoms with E-state index in [9.17, 15) is 13.2 Å². The molecule has 0 saturated carbocycles. The van der Waals surface area contributed by atoms with Crippen molar-refractivity contribution in [3.8, 4) is 0 Å². The lowest BCUT2D eigenvalue weighted by Crippen LogP contribution is -2.34. The lowest BCUT2D eigenvalue weighted by Gasteiger charge is -2.16. The average Bonchev–Trinajstić information content (AvgIpc) is 2.84. The van der Waals surface area contributed by atoms with Crippen LogP contribution in [0.1, 0.15) is 21.4 Å². The van der Waals surface area contributed by atoms with Crippen LogP contribution in [0.25, 0.3) is 0 Å². The minimum Gasteiger partial charge on any atom is -0.468 e. The molecule has 1 N–H and O–H groups in total. The molecule has 0 fully saturated rings. The van der Waals surface area contributed by atoms with Crippen molar-refractivity contribution < 1.29 is 17.9 Å². The summed E-state index contributed by atoms with van der Waals surface area (Å²) < 4.78 is 32.2. The van der Waals surface area contributed by atoms with Crippen LogP contribution in [0, 0.1) is 13.8 Å². The summed E-state index contributed by atoms with van der Waals surface area (Å²) in [5, 5.41) is 0. The fourth-order valence-corrected chi connectivity index (χ4v) is 4.74. The molecule has 2 heterocycles. The van der Waals surface area contributed by atoms with Gasteiger partial charge in [-0.05, 0) is 31.5 Å². The molecule has 22 heavy (non-hydrogen) atoms. The number of rotatable bonds is 5. The first-order valence-electron chi connectivity index (χ1n) is 6.42. The third-order valence-electron chi connectivity index (χ3n) is 3.01. The summed E-state index contributed by atoms with van der Waals surface area (Å²) >= 11 is 1.39. The first kappa shape index (κ1) is 16.6. The number of carbonyl (C=O) groups is 1. The SMILES string of the molecule is COC(=O)C(NS(=O)(=O)c1cc(C)sc1C)c1cccnc1. The van der Waals surface area contributed by atoms with Gasteiger partial charge in [0.1, 0.15) is 6.04 Å². The number of nitrogens with zero attached hydrogens (tertiary/aromatic N) is 1. The molecule has 0 bridgehead atoms. The Morgan fingerprint density at radius 2 is 2.14 bits per heavy atom. The van der Waals surface area contributed by atoms with Gasteiger partial charge in [-0.1, -0.05) is 6.07 Å². The Labute approximate surface area is 133 Å². The third-order valence-corrected chi connectivity index (χ3v) is 5.66. The molecule has 0 saturated heterocycles. The standard InChI is InChI=1S/C14H16N2O4S2/c1-9-7-12(10(2)21-9)22(18,19)16-13(14(17)20-3)11-5-4-6-15-8-11/h4-8,13,16H,1-3H3. The summed E-state index contributed by atoms with van der Waals surface area (Å²) in [5.74, 6) is -0.693. The zero-order chi connectivity index (χ0) is 16.3. The van der Waals surface area contributed by atoms with Crippen molar-refractivity contribution in [2.75, 3.05) is 7.11 Å². The highest BCUT2D eigenvalue weighted by molar-refractivity contribution is 7.89. The van der Waals surface area contributed by atoms with E-state index in [1.807, 2.05) is 6.92 Å². The summed E-state index contributed by atoms with van der Waals surface area (Å²) in [7, 11) is -2.63. The second kappa shape index (κ2) is 6.55. The van der Waals surface area contributed by atoms with Crippen molar-refractivity contribution in [3.63, 3.8) is 0 Å². The normalized spacial score (nSPS) is 12.9. The summed E-state index contributed by atoms with van der Waals surface area (Å²) in [6.07, 6.45) is 2.97. The molecule has 8 heteroatoms. The van der Waals surface area contributed by atoms with E-state index >= 15 is 0 Å². The van der Waals surface area contributed by atoms with E-state index in [4.69, 9.17) is 4.74 Å². The first-order valence-corrected chi connectivity index (χ1v) is 8.72. The molecular formula is C14H16N2O4S2. The number of thiophene rings is 1. The number of ether oxygens (including phenoxy) is 1. The Bertz CT molecular complexity index is 769. The van der Waals surface area contributed by atoms with Gasteiger partial charge in [-0.25, -0.2) is 13.2 Å². The lowest BCUT2D eigenvalue weighted by atomic mass is 10.1. The number of hydrogen-bond donors (Lipinski definition) is 1. The average molecular weight is 340 g/mol. The number of nitrogens with one attached hydrogen (secondary N) is 1. The largest absolute Gasteiger partial charge is 0.468 e. The number of pyridine rings is 1. The molecule has 0 aromatic carbocycles. The first-order chi connectivity index (χ1) is 10.3. The molecule has 118 valence electrons. The van der Waals surface area contributed by atoms with Gasteiger partial charge in [0.05, 0.1) is 12.0 Å². The molecule has 0 spiro atoms. The molecule has 2 rings (SSSR count). The number of hydrogen-bond acceptors (Lipinski definition) is 6. The number of sulfonamides is 1. The topological polar surface area (TPSA) is 85.4 Å². The summed E-state index contributed by atoms with van der Waals surface area (Å²) in [6.45, 7) is 3.55. The van der Waals surface area contributed by atoms with Crippen LogP contribution in [0.15, 0.2) is 35.5 Å². The molecule has 0 amide bonds. The van der Waals surface area contributed by atoms with Gasteiger partial charge in [-0.15, -0.1) is 11.3 Å². The Morgan fingerprint density at radius 3 is 2.64 bits per heavy atom. The second-order valence-corrected chi connectivity index (χ2v) is 7.78. The van der Waals surface area contributed by atoms with E-state index in [-0.39, 0.29) is 4.90 Å². The number of methoxy groups -OCH3 is 1. The van der Waals surface area contributed by atoms with Gasteiger partial charge in [-0.3, -0.25) is 4.98 Å². The van der Waals surface area contributed by atoms with Gasteiger partial charge in [-0.2, -0.15) is 4.72 Å². The van der Waals surface area contributed by atoms with Gasteiger partial charge < -0.3 is 4.74 Å². The number of aromatic nitrogens is 1. The van der Waals surface area contributed by atoms with E-state index < -0.39 is 22.0 Å². The monoisotopic (exact) mass is 340 g/mol. The van der Waals surface area contributed by atoms with Crippen molar-refractivity contribution in [1.82, 2.24) is 9.71 Å². The van der Waals surface area contributed by atoms with Crippen molar-refractivity contribution >= 4 is 27.3 Å². The van der Waals surface area contributed by atoms with Gasteiger partial charge in [0.25, 0.3) is 0 Å². The fraction of sp³-hybridized carbons (Fsp3) is 0.286. The predicted molar refractivity (Wildman–Crippen MR) is 83.1 cm³/mol. The molecule has 0 radical (unpaired) electrons. The summed E-state index contributed by atoms with van der Waals surface area (Å²) in [6, 6.07) is 3.69. The zero-order valence-corrected chi connectivity index (χ0v) is 14.0. The van der Waals surface area contributed by atoms with Crippen molar-refractivity contribution in [3.05, 3.63) is 45.9 Å². The van der Waals surface area contributed by atoms with Gasteiger partial charge >= 0.3 is 5.97 Å². The van der Waals surface area contributed by atoms with E-state index in [2.05, 4.69) is 9.71 Å². The van der Waals surface area contributed by atoms with Crippen LogP contribution in [0.4, 0.5) is 0 Å². The Balaban J connectivity index is 2.39. The number of esters is 1. The Kier molecular flexibility index (Phi) is 4.94. The lowest BCUT2D eigenvalue weighted by molar-refractivity contribution is -0.142. The maximum Gasteiger partial charge on any atom is 0.328 e. The molecule has 2 aromatic heterocycles. The highest BCUT2D eigenvalue weighted by Crippen LogP contribution is 2.26. The molecule has 0 aliphatic carbocycles. The number of carbonyl (C=O) groups excluding carboxylic acids is 1. The Morgan fingerprint density at radius 1 is 1.41 bits per heavy atom. The fourth-order valence-electron chi connectivity index (χ4n) is 2.01. The molecule has 1 atom stereocenters. The highest BCUT2D eigenvalue weighted by Gasteiger charge is 2.29. The third kappa shape index (κ3) is 3.52. The van der Waals surface area contributed by atoms with E-state index in [0.29, 0.717) is 10.4 Å². The number of aryl methyl sites for hydroxylation is 2. The van der Waals surface area contributed by atoms with Crippen molar-refractivity contribution in [2.24, 2.45) is 0 Å². The molecule has 2 aromatic rings. The quantitative estimate of drug-likeness (QED) is 0.841. The summed E-state index contributed by atoms with van der Waals surface area (Å²) in [5.41, 5.74) is 0.419. The van der Waals surface area contributed by atoms with Crippen LogP contribution < -0.4 is 4.72 Å². The van der Waals surface area contributed by atoms with Gasteiger partial charge in [0, 0.05) is 22.1 Å². The van der Waals surface area contributed by atoms with Gasteiger partial charge in [0.15, 0.2) is 0 Å². The Hall–Kier alpha value is -1.77. The predicted octanol–water partition coefficient (Wildman–Crippen LogP) is 1.95. The van der Waals surface area contributed by atoms with E-state index in [0.717, 1.165) is 4.88 Å². The van der Waals surface area contributed by atoms with Gasteiger partial charge in [0.2, 0.25) is 10.0 Å². The smallest absolute Gasteiger partial charge is 0.328 e. The van der Waals surface area contributed by atoms with Crippen LogP contribution in [0.3, 0.4) is 0 Å². The van der Waals surface area contributed by atoms with Crippen molar-refractivity contribution in [1.29, 1.82) is 0 Å². The second-order valence-electron chi connectivity index (χ2n) is 4.64. The van der Waals surface area contributed by atoms with Crippen molar-refractivity contribution in [2.45, 2.75) is 24.8 Å². The minimum atomic E-state index is -3.84. The van der Waals surface area contributed by atoms with E-state index in [1.165, 1.54) is 24.6 Å². The van der Waals surface area contributed by atoms with Crippen LogP contribution in [0.5, 0.6) is 0 Å². The molecule has 0 aliphatic rings. The zero-order valence-electron chi connectivity index (χ0n) is 12.4. The van der Waals surface area contributed by atoms with Crippen LogP contribution in [-0.4, -0.2) is 26.5 Å². The van der Waals surface area contributed by atoms with Crippen LogP contribution >= 0.6 is 11.3 Å². The van der Waals surface area contributed by atoms with Crippen LogP contribution in [0.2, 0.25) is 0 Å². The van der Waals surface area contributed by atoms with E-state index in [1.54, 1.807) is 31.3 Å². The molecule has 6 nitrogen and oxygen atoms in total. The van der Waals surface area contributed by atoms with Crippen LogP contribution in [-0.2, 0) is 19.6 Å². The summed E-state index contributed by atoms with van der Waals surface area (Å²) in [4.78, 5) is 17.6. The molecular weight excluding hydrogens is 324 g/mol. The highest BCUT2D eigenvalue weighted by atomic mass is 32.2.